The maximum Gasteiger partial charge on any atom is 0.323 e. The number of nitrogens with one attached hydrogen (secondary N) is 1. The van der Waals surface area contributed by atoms with E-state index in [0.717, 1.165) is 18.6 Å². The lowest BCUT2D eigenvalue weighted by Crippen LogP contribution is -2.50. The Morgan fingerprint density at radius 1 is 1.42 bits per heavy atom. The van der Waals surface area contributed by atoms with Crippen LogP contribution in [0.3, 0.4) is 0 Å². The van der Waals surface area contributed by atoms with Crippen LogP contribution in [-0.2, 0) is 4.79 Å². The van der Waals surface area contributed by atoms with E-state index in [1.54, 1.807) is 18.7 Å². The molecule has 1 atom stereocenters. The van der Waals surface area contributed by atoms with Crippen LogP contribution in [-0.4, -0.2) is 28.4 Å². The Morgan fingerprint density at radius 3 is 2.58 bits per heavy atom. The van der Waals surface area contributed by atoms with E-state index in [9.17, 15) is 9.90 Å². The van der Waals surface area contributed by atoms with Crippen molar-refractivity contribution in [1.82, 2.24) is 5.32 Å². The zero-order valence-electron chi connectivity index (χ0n) is 11.5. The van der Waals surface area contributed by atoms with Crippen molar-refractivity contribution in [2.75, 3.05) is 5.75 Å². The second-order valence-electron chi connectivity index (χ2n) is 5.47. The number of hydrogen-bond acceptors (Lipinski definition) is 3. The molecule has 19 heavy (non-hydrogen) atoms. The van der Waals surface area contributed by atoms with Gasteiger partial charge in [0.2, 0.25) is 0 Å². The van der Waals surface area contributed by atoms with E-state index >= 15 is 0 Å². The maximum atomic E-state index is 11.4. The first-order valence-corrected chi connectivity index (χ1v) is 7.69. The van der Waals surface area contributed by atoms with Crippen molar-refractivity contribution in [3.8, 4) is 0 Å². The normalized spacial score (nSPS) is 18.0. The predicted octanol–water partition coefficient (Wildman–Crippen LogP) is 3.07. The summed E-state index contributed by atoms with van der Waals surface area (Å²) >= 11 is 1.72. The van der Waals surface area contributed by atoms with Crippen molar-refractivity contribution in [2.45, 2.75) is 49.6 Å². The van der Waals surface area contributed by atoms with Gasteiger partial charge in [0.15, 0.2) is 0 Å². The summed E-state index contributed by atoms with van der Waals surface area (Å²) in [4.78, 5) is 12.6. The van der Waals surface area contributed by atoms with Crippen LogP contribution in [0.2, 0.25) is 0 Å². The van der Waals surface area contributed by atoms with Gasteiger partial charge < -0.3 is 5.11 Å². The molecule has 0 radical (unpaired) electrons. The van der Waals surface area contributed by atoms with Crippen molar-refractivity contribution < 1.29 is 9.90 Å². The number of thioether (sulfide) groups is 1. The van der Waals surface area contributed by atoms with E-state index in [-0.39, 0.29) is 0 Å². The van der Waals surface area contributed by atoms with E-state index in [0.29, 0.717) is 12.5 Å². The maximum absolute atomic E-state index is 11.4. The van der Waals surface area contributed by atoms with Crippen LogP contribution in [0.4, 0.5) is 0 Å². The zero-order valence-corrected chi connectivity index (χ0v) is 12.3. The largest absolute Gasteiger partial charge is 0.480 e. The van der Waals surface area contributed by atoms with Crippen LogP contribution in [0.1, 0.15) is 31.7 Å². The standard InChI is InChI=1S/C15H21NO2S/c1-11-3-7-13(8-4-11)19-10-9-15(2,14(17)18)16-12-5-6-12/h3-4,7-8,12,16H,5-6,9-10H2,1-2H3,(H,17,18). The average molecular weight is 279 g/mol. The third-order valence-corrected chi connectivity index (χ3v) is 4.48. The molecule has 1 unspecified atom stereocenters. The Balaban J connectivity index is 1.84. The molecule has 1 aliphatic carbocycles. The fraction of sp³-hybridized carbons (Fsp3) is 0.533. The molecule has 0 spiro atoms. The Labute approximate surface area is 118 Å². The number of carboxylic acid groups (broad SMARTS) is 1. The summed E-state index contributed by atoms with van der Waals surface area (Å²) in [5.41, 5.74) is 0.453. The molecular formula is C15H21NO2S. The molecule has 1 aromatic carbocycles. The molecule has 0 aromatic heterocycles. The summed E-state index contributed by atoms with van der Waals surface area (Å²) in [7, 11) is 0. The minimum Gasteiger partial charge on any atom is -0.480 e. The van der Waals surface area contributed by atoms with Crippen LogP contribution >= 0.6 is 11.8 Å². The minimum absolute atomic E-state index is 0.408. The Bertz CT molecular complexity index is 442. The monoisotopic (exact) mass is 279 g/mol. The zero-order chi connectivity index (χ0) is 13.9. The molecule has 1 aromatic rings. The number of rotatable bonds is 7. The highest BCUT2D eigenvalue weighted by atomic mass is 32.2. The van der Waals surface area contributed by atoms with Gasteiger partial charge in [-0.1, -0.05) is 17.7 Å². The fourth-order valence-corrected chi connectivity index (χ4v) is 3.00. The molecule has 3 nitrogen and oxygen atoms in total. The Hall–Kier alpha value is -1.00. The molecule has 0 aliphatic heterocycles. The van der Waals surface area contributed by atoms with Gasteiger partial charge in [0.25, 0.3) is 0 Å². The first-order chi connectivity index (χ1) is 8.99. The molecule has 2 N–H and O–H groups in total. The van der Waals surface area contributed by atoms with Gasteiger partial charge in [-0.05, 0) is 45.2 Å². The molecule has 0 saturated heterocycles. The molecule has 1 fully saturated rings. The van der Waals surface area contributed by atoms with Crippen molar-refractivity contribution in [3.63, 3.8) is 0 Å². The van der Waals surface area contributed by atoms with Gasteiger partial charge in [-0.2, -0.15) is 0 Å². The highest BCUT2D eigenvalue weighted by Crippen LogP contribution is 2.27. The van der Waals surface area contributed by atoms with E-state index in [1.165, 1.54) is 10.5 Å². The van der Waals surface area contributed by atoms with Gasteiger partial charge >= 0.3 is 5.97 Å². The second kappa shape index (κ2) is 5.97. The molecule has 4 heteroatoms. The number of hydrogen-bond donors (Lipinski definition) is 2. The lowest BCUT2D eigenvalue weighted by molar-refractivity contribution is -0.144. The van der Waals surface area contributed by atoms with Crippen molar-refractivity contribution in [1.29, 1.82) is 0 Å². The first kappa shape index (κ1) is 14.4. The lowest BCUT2D eigenvalue weighted by atomic mass is 9.99. The van der Waals surface area contributed by atoms with E-state index in [2.05, 4.69) is 36.5 Å². The van der Waals surface area contributed by atoms with Crippen LogP contribution in [0.25, 0.3) is 0 Å². The van der Waals surface area contributed by atoms with Crippen LogP contribution in [0, 0.1) is 6.92 Å². The fourth-order valence-electron chi connectivity index (χ4n) is 1.93. The van der Waals surface area contributed by atoms with Gasteiger partial charge in [0.1, 0.15) is 5.54 Å². The molecule has 0 amide bonds. The third kappa shape index (κ3) is 4.25. The summed E-state index contributed by atoms with van der Waals surface area (Å²) in [5.74, 6) is 0.0647. The highest BCUT2D eigenvalue weighted by molar-refractivity contribution is 7.99. The Kier molecular flexibility index (Phi) is 4.53. The van der Waals surface area contributed by atoms with E-state index in [1.807, 2.05) is 0 Å². The SMILES string of the molecule is Cc1ccc(SCCC(C)(NC2CC2)C(=O)O)cc1. The van der Waals surface area contributed by atoms with Crippen LogP contribution < -0.4 is 5.32 Å². The molecule has 104 valence electrons. The van der Waals surface area contributed by atoms with Crippen LogP contribution in [0.15, 0.2) is 29.2 Å². The summed E-state index contributed by atoms with van der Waals surface area (Å²) < 4.78 is 0. The molecule has 0 heterocycles. The van der Waals surface area contributed by atoms with Crippen LogP contribution in [0.5, 0.6) is 0 Å². The lowest BCUT2D eigenvalue weighted by Gasteiger charge is -2.26. The number of benzene rings is 1. The smallest absolute Gasteiger partial charge is 0.323 e. The minimum atomic E-state index is -0.793. The summed E-state index contributed by atoms with van der Waals surface area (Å²) in [6, 6.07) is 8.76. The van der Waals surface area contributed by atoms with Gasteiger partial charge in [0, 0.05) is 16.7 Å². The van der Waals surface area contributed by atoms with Gasteiger partial charge in [-0.25, -0.2) is 0 Å². The molecule has 2 rings (SSSR count). The summed E-state index contributed by atoms with van der Waals surface area (Å²) in [6.45, 7) is 3.86. The quantitative estimate of drug-likeness (QED) is 0.753. The molecule has 1 aliphatic rings. The third-order valence-electron chi connectivity index (χ3n) is 3.46. The van der Waals surface area contributed by atoms with Gasteiger partial charge in [-0.15, -0.1) is 11.8 Å². The van der Waals surface area contributed by atoms with Crippen molar-refractivity contribution >= 4 is 17.7 Å². The van der Waals surface area contributed by atoms with E-state index in [4.69, 9.17) is 0 Å². The van der Waals surface area contributed by atoms with E-state index < -0.39 is 11.5 Å². The predicted molar refractivity (Wildman–Crippen MR) is 78.7 cm³/mol. The Morgan fingerprint density at radius 2 is 2.05 bits per heavy atom. The molecule has 0 bridgehead atoms. The highest BCUT2D eigenvalue weighted by Gasteiger charge is 2.37. The number of carboxylic acids is 1. The molecule has 1 saturated carbocycles. The van der Waals surface area contributed by atoms with Crippen molar-refractivity contribution in [2.24, 2.45) is 0 Å². The van der Waals surface area contributed by atoms with Gasteiger partial charge in [-0.3, -0.25) is 10.1 Å². The molecular weight excluding hydrogens is 258 g/mol. The number of carbonyl (C=O) groups is 1. The number of aliphatic carboxylic acids is 1. The van der Waals surface area contributed by atoms with Gasteiger partial charge in [0.05, 0.1) is 0 Å². The summed E-state index contributed by atoms with van der Waals surface area (Å²) in [6.07, 6.45) is 2.85. The first-order valence-electron chi connectivity index (χ1n) is 6.70. The average Bonchev–Trinajstić information content (AvgIpc) is 3.15. The second-order valence-corrected chi connectivity index (χ2v) is 6.64. The number of aryl methyl sites for hydroxylation is 1. The van der Waals surface area contributed by atoms with Crippen molar-refractivity contribution in [3.05, 3.63) is 29.8 Å². The summed E-state index contributed by atoms with van der Waals surface area (Å²) in [5, 5.41) is 12.6. The topological polar surface area (TPSA) is 49.3 Å².